The minimum atomic E-state index is -0.122. The maximum Gasteiger partial charge on any atom is 0.271 e. The van der Waals surface area contributed by atoms with Gasteiger partial charge in [0.1, 0.15) is 5.69 Å². The Kier molecular flexibility index (Phi) is 5.47. The van der Waals surface area contributed by atoms with Crippen molar-refractivity contribution < 1.29 is 9.53 Å². The molecule has 2 heterocycles. The van der Waals surface area contributed by atoms with Crippen molar-refractivity contribution >= 4 is 5.91 Å². The number of aromatic nitrogens is 2. The molecule has 1 saturated heterocycles. The molecule has 6 heteroatoms. The van der Waals surface area contributed by atoms with Crippen molar-refractivity contribution in [1.82, 2.24) is 20.0 Å². The first kappa shape index (κ1) is 17.9. The summed E-state index contributed by atoms with van der Waals surface area (Å²) in [6, 6.07) is 1.85. The smallest absolute Gasteiger partial charge is 0.271 e. The molecule has 2 rings (SSSR count). The quantitative estimate of drug-likeness (QED) is 0.918. The molecule has 1 amide bonds. The second-order valence-electron chi connectivity index (χ2n) is 7.53. The van der Waals surface area contributed by atoms with Gasteiger partial charge in [0.25, 0.3) is 5.91 Å². The highest BCUT2D eigenvalue weighted by Crippen LogP contribution is 2.16. The van der Waals surface area contributed by atoms with Crippen LogP contribution < -0.4 is 5.32 Å². The van der Waals surface area contributed by atoms with Gasteiger partial charge in [-0.05, 0) is 47.6 Å². The Balaban J connectivity index is 1.86. The highest BCUT2D eigenvalue weighted by atomic mass is 16.5. The van der Waals surface area contributed by atoms with Crippen LogP contribution in [0.1, 0.15) is 50.8 Å². The number of carbonyl (C=O) groups excluding carboxylic acids is 1. The standard InChI is InChI=1S/C17H30N4O2/c1-12-9-15(19-21(12)17(4,5)6)16(22)18-7-8-20-10-13(2)23-14(3)11-20/h9,13-14H,7-8,10-11H2,1-6H3,(H,18,22)/t13-,14-/m1/s1. The van der Waals surface area contributed by atoms with Gasteiger partial charge in [0, 0.05) is 31.9 Å². The molecule has 1 aromatic rings. The number of rotatable bonds is 4. The van der Waals surface area contributed by atoms with E-state index in [1.54, 1.807) is 0 Å². The van der Waals surface area contributed by atoms with Crippen LogP contribution in [0.3, 0.4) is 0 Å². The minimum absolute atomic E-state index is 0.106. The summed E-state index contributed by atoms with van der Waals surface area (Å²) in [5.74, 6) is -0.106. The van der Waals surface area contributed by atoms with Gasteiger partial charge in [0.15, 0.2) is 0 Å². The number of carbonyl (C=O) groups is 1. The highest BCUT2D eigenvalue weighted by molar-refractivity contribution is 5.92. The first-order valence-electron chi connectivity index (χ1n) is 8.40. The van der Waals surface area contributed by atoms with Gasteiger partial charge in [-0.3, -0.25) is 14.4 Å². The number of hydrogen-bond acceptors (Lipinski definition) is 4. The zero-order valence-electron chi connectivity index (χ0n) is 15.2. The maximum atomic E-state index is 12.3. The van der Waals surface area contributed by atoms with Crippen molar-refractivity contribution in [3.8, 4) is 0 Å². The predicted molar refractivity (Wildman–Crippen MR) is 90.7 cm³/mol. The zero-order valence-corrected chi connectivity index (χ0v) is 15.2. The molecule has 0 bridgehead atoms. The van der Waals surface area contributed by atoms with Crippen molar-refractivity contribution in [3.63, 3.8) is 0 Å². The lowest BCUT2D eigenvalue weighted by atomic mass is 10.1. The molecule has 1 aliphatic heterocycles. The van der Waals surface area contributed by atoms with E-state index in [0.717, 1.165) is 25.3 Å². The van der Waals surface area contributed by atoms with Crippen LogP contribution in [0.5, 0.6) is 0 Å². The van der Waals surface area contributed by atoms with Crippen LogP contribution in [0, 0.1) is 6.92 Å². The number of hydrogen-bond donors (Lipinski definition) is 1. The largest absolute Gasteiger partial charge is 0.373 e. The van der Waals surface area contributed by atoms with Crippen LogP contribution in [0.15, 0.2) is 6.07 Å². The molecule has 2 atom stereocenters. The van der Waals surface area contributed by atoms with Gasteiger partial charge >= 0.3 is 0 Å². The second-order valence-corrected chi connectivity index (χ2v) is 7.53. The van der Waals surface area contributed by atoms with Gasteiger partial charge in [-0.1, -0.05) is 0 Å². The molecule has 0 aliphatic carbocycles. The van der Waals surface area contributed by atoms with E-state index in [9.17, 15) is 4.79 Å². The topological polar surface area (TPSA) is 59.4 Å². The molecule has 0 unspecified atom stereocenters. The molecule has 0 saturated carbocycles. The van der Waals surface area contributed by atoms with Crippen LogP contribution in [-0.2, 0) is 10.3 Å². The van der Waals surface area contributed by atoms with Gasteiger partial charge in [0.05, 0.1) is 17.7 Å². The van der Waals surface area contributed by atoms with Crippen LogP contribution in [0.25, 0.3) is 0 Å². The third-order valence-corrected chi connectivity index (χ3v) is 3.96. The van der Waals surface area contributed by atoms with Gasteiger partial charge in [-0.25, -0.2) is 0 Å². The Labute approximate surface area is 139 Å². The lowest BCUT2D eigenvalue weighted by Gasteiger charge is -2.35. The Bertz CT molecular complexity index is 537. The third-order valence-electron chi connectivity index (χ3n) is 3.96. The van der Waals surface area contributed by atoms with Gasteiger partial charge in [-0.2, -0.15) is 5.10 Å². The van der Waals surface area contributed by atoms with Gasteiger partial charge < -0.3 is 10.1 Å². The van der Waals surface area contributed by atoms with Crippen LogP contribution in [-0.4, -0.2) is 59.0 Å². The number of ether oxygens (including phenoxy) is 1. The zero-order chi connectivity index (χ0) is 17.2. The highest BCUT2D eigenvalue weighted by Gasteiger charge is 2.23. The fraction of sp³-hybridized carbons (Fsp3) is 0.765. The van der Waals surface area contributed by atoms with Gasteiger partial charge in [-0.15, -0.1) is 0 Å². The summed E-state index contributed by atoms with van der Waals surface area (Å²) >= 11 is 0. The second kappa shape index (κ2) is 7.01. The molecule has 1 aliphatic rings. The Morgan fingerprint density at radius 2 is 1.96 bits per heavy atom. The molecule has 23 heavy (non-hydrogen) atoms. The van der Waals surface area contributed by atoms with E-state index in [4.69, 9.17) is 4.74 Å². The van der Waals surface area contributed by atoms with Crippen molar-refractivity contribution in [2.45, 2.75) is 59.3 Å². The predicted octanol–water partition coefficient (Wildman–Crippen LogP) is 1.79. The fourth-order valence-electron chi connectivity index (χ4n) is 3.15. The Hall–Kier alpha value is -1.40. The normalized spacial score (nSPS) is 23.0. The van der Waals surface area contributed by atoms with Crippen LogP contribution in [0.2, 0.25) is 0 Å². The van der Waals surface area contributed by atoms with E-state index in [1.165, 1.54) is 0 Å². The molecule has 1 aromatic heterocycles. The number of aryl methyl sites for hydroxylation is 1. The summed E-state index contributed by atoms with van der Waals surface area (Å²) in [6.45, 7) is 15.7. The number of morpholine rings is 1. The first-order valence-corrected chi connectivity index (χ1v) is 8.40. The van der Waals surface area contributed by atoms with E-state index in [-0.39, 0.29) is 23.7 Å². The van der Waals surface area contributed by atoms with E-state index in [0.29, 0.717) is 12.2 Å². The monoisotopic (exact) mass is 322 g/mol. The SMILES string of the molecule is Cc1cc(C(=O)NCCN2C[C@@H](C)O[C@H](C)C2)nn1C(C)(C)C. The molecule has 6 nitrogen and oxygen atoms in total. The molecule has 1 N–H and O–H groups in total. The molecule has 0 spiro atoms. The summed E-state index contributed by atoms with van der Waals surface area (Å²) in [5.41, 5.74) is 1.36. The molecular formula is C17H30N4O2. The van der Waals surface area contributed by atoms with Crippen LogP contribution >= 0.6 is 0 Å². The minimum Gasteiger partial charge on any atom is -0.373 e. The summed E-state index contributed by atoms with van der Waals surface area (Å²) < 4.78 is 7.62. The van der Waals surface area contributed by atoms with Crippen LogP contribution in [0.4, 0.5) is 0 Å². The maximum absolute atomic E-state index is 12.3. The first-order chi connectivity index (χ1) is 10.7. The Morgan fingerprint density at radius 3 is 2.48 bits per heavy atom. The van der Waals surface area contributed by atoms with Gasteiger partial charge in [0.2, 0.25) is 0 Å². The van der Waals surface area contributed by atoms with Crippen molar-refractivity contribution in [3.05, 3.63) is 17.5 Å². The average Bonchev–Trinajstić information content (AvgIpc) is 2.79. The molecular weight excluding hydrogens is 292 g/mol. The van der Waals surface area contributed by atoms with Crippen molar-refractivity contribution in [1.29, 1.82) is 0 Å². The van der Waals surface area contributed by atoms with E-state index in [2.05, 4.69) is 49.9 Å². The summed E-state index contributed by atoms with van der Waals surface area (Å²) in [5, 5.41) is 7.41. The lowest BCUT2D eigenvalue weighted by molar-refractivity contribution is -0.0672. The molecule has 0 radical (unpaired) electrons. The Morgan fingerprint density at radius 1 is 1.35 bits per heavy atom. The lowest BCUT2D eigenvalue weighted by Crippen LogP contribution is -2.47. The third kappa shape index (κ3) is 4.78. The number of nitrogens with zero attached hydrogens (tertiary/aromatic N) is 3. The summed E-state index contributed by atoms with van der Waals surface area (Å²) in [4.78, 5) is 14.6. The average molecular weight is 322 g/mol. The van der Waals surface area contributed by atoms with E-state index >= 15 is 0 Å². The number of amides is 1. The molecule has 130 valence electrons. The fourth-order valence-corrected chi connectivity index (χ4v) is 3.15. The van der Waals surface area contributed by atoms with Crippen molar-refractivity contribution in [2.24, 2.45) is 0 Å². The van der Waals surface area contributed by atoms with E-state index in [1.807, 2.05) is 17.7 Å². The molecule has 0 aromatic carbocycles. The summed E-state index contributed by atoms with van der Waals surface area (Å²) in [6.07, 6.45) is 0.499. The van der Waals surface area contributed by atoms with E-state index < -0.39 is 0 Å². The van der Waals surface area contributed by atoms with Crippen molar-refractivity contribution in [2.75, 3.05) is 26.2 Å². The molecule has 1 fully saturated rings. The summed E-state index contributed by atoms with van der Waals surface area (Å²) in [7, 11) is 0. The number of nitrogens with one attached hydrogen (secondary N) is 1.